The van der Waals surface area contributed by atoms with Crippen molar-refractivity contribution >= 4 is 22.6 Å². The molecule has 100 valence electrons. The van der Waals surface area contributed by atoms with Gasteiger partial charge in [0.15, 0.2) is 0 Å². The van der Waals surface area contributed by atoms with Gasteiger partial charge in [0.25, 0.3) is 0 Å². The average Bonchev–Trinajstić information content (AvgIpc) is 2.81. The van der Waals surface area contributed by atoms with Crippen molar-refractivity contribution in [1.82, 2.24) is 14.9 Å². The van der Waals surface area contributed by atoms with Gasteiger partial charge in [0.05, 0.1) is 23.3 Å². The van der Waals surface area contributed by atoms with E-state index < -0.39 is 0 Å². The Kier molecular flexibility index (Phi) is 3.21. The number of carbonyl (C=O) groups excluding carboxylic acids is 1. The van der Waals surface area contributed by atoms with Gasteiger partial charge in [0.1, 0.15) is 0 Å². The summed E-state index contributed by atoms with van der Waals surface area (Å²) in [5.74, 6) is 0.177. The minimum atomic E-state index is 0.0770. The van der Waals surface area contributed by atoms with Crippen molar-refractivity contribution in [3.8, 4) is 0 Å². The molecule has 1 aliphatic rings. The van der Waals surface area contributed by atoms with E-state index >= 15 is 0 Å². The van der Waals surface area contributed by atoms with Crippen LogP contribution in [0.4, 0.5) is 5.69 Å². The van der Waals surface area contributed by atoms with Crippen LogP contribution in [0.1, 0.15) is 12.8 Å². The lowest BCUT2D eigenvalue weighted by Crippen LogP contribution is -2.37. The monoisotopic (exact) mass is 258 g/mol. The second-order valence-electron chi connectivity index (χ2n) is 5.09. The van der Waals surface area contributed by atoms with E-state index in [9.17, 15) is 4.79 Å². The van der Waals surface area contributed by atoms with Gasteiger partial charge in [-0.2, -0.15) is 0 Å². The first-order valence-electron chi connectivity index (χ1n) is 6.67. The van der Waals surface area contributed by atoms with Gasteiger partial charge >= 0.3 is 0 Å². The molecule has 1 aromatic carbocycles. The summed E-state index contributed by atoms with van der Waals surface area (Å²) in [7, 11) is 1.96. The molecule has 1 aliphatic heterocycles. The van der Waals surface area contributed by atoms with Crippen molar-refractivity contribution in [2.45, 2.75) is 12.8 Å². The first-order chi connectivity index (χ1) is 9.24. The summed E-state index contributed by atoms with van der Waals surface area (Å²) >= 11 is 0. The zero-order valence-electron chi connectivity index (χ0n) is 11.0. The van der Waals surface area contributed by atoms with Gasteiger partial charge in [-0.05, 0) is 37.6 Å². The smallest absolute Gasteiger partial charge is 0.228 e. The third kappa shape index (κ3) is 2.46. The van der Waals surface area contributed by atoms with Gasteiger partial charge < -0.3 is 15.2 Å². The van der Waals surface area contributed by atoms with Crippen LogP contribution in [-0.4, -0.2) is 28.5 Å². The molecule has 1 aromatic heterocycles. The summed E-state index contributed by atoms with van der Waals surface area (Å²) in [6, 6.07) is 5.83. The summed E-state index contributed by atoms with van der Waals surface area (Å²) in [4.78, 5) is 16.4. The Morgan fingerprint density at radius 3 is 3.21 bits per heavy atom. The van der Waals surface area contributed by atoms with Gasteiger partial charge in [-0.25, -0.2) is 4.98 Å². The van der Waals surface area contributed by atoms with Gasteiger partial charge in [-0.3, -0.25) is 4.79 Å². The molecule has 2 aromatic rings. The molecule has 1 amide bonds. The number of nitrogens with zero attached hydrogens (tertiary/aromatic N) is 2. The van der Waals surface area contributed by atoms with Crippen LogP contribution in [0, 0.1) is 5.92 Å². The molecule has 2 N–H and O–H groups in total. The van der Waals surface area contributed by atoms with Crippen LogP contribution in [0.2, 0.25) is 0 Å². The van der Waals surface area contributed by atoms with Crippen molar-refractivity contribution in [2.24, 2.45) is 13.0 Å². The van der Waals surface area contributed by atoms with E-state index in [4.69, 9.17) is 0 Å². The lowest BCUT2D eigenvalue weighted by atomic mass is 9.99. The Morgan fingerprint density at radius 2 is 2.42 bits per heavy atom. The highest BCUT2D eigenvalue weighted by Crippen LogP contribution is 2.19. The van der Waals surface area contributed by atoms with Crippen molar-refractivity contribution < 1.29 is 4.79 Å². The van der Waals surface area contributed by atoms with Crippen molar-refractivity contribution in [3.05, 3.63) is 24.5 Å². The van der Waals surface area contributed by atoms with Crippen LogP contribution < -0.4 is 10.6 Å². The number of fused-ring (bicyclic) bond motifs is 1. The van der Waals surface area contributed by atoms with E-state index in [2.05, 4.69) is 15.6 Å². The molecule has 0 spiro atoms. The topological polar surface area (TPSA) is 59.0 Å². The molecule has 19 heavy (non-hydrogen) atoms. The Bertz CT molecular complexity index is 599. The summed E-state index contributed by atoms with van der Waals surface area (Å²) in [5.41, 5.74) is 2.79. The number of imidazole rings is 1. The highest BCUT2D eigenvalue weighted by atomic mass is 16.1. The standard InChI is InChI=1S/C14H18N4O/c1-18-9-16-12-7-11(4-5-13(12)18)17-14(19)10-3-2-6-15-8-10/h4-5,7,9-10,15H,2-3,6,8H2,1H3,(H,17,19). The number of amides is 1. The third-order valence-electron chi connectivity index (χ3n) is 3.66. The minimum absolute atomic E-state index is 0.0770. The largest absolute Gasteiger partial charge is 0.334 e. The van der Waals surface area contributed by atoms with E-state index in [0.717, 1.165) is 42.7 Å². The van der Waals surface area contributed by atoms with Crippen LogP contribution in [0.25, 0.3) is 11.0 Å². The molecule has 0 bridgehead atoms. The first-order valence-corrected chi connectivity index (χ1v) is 6.67. The van der Waals surface area contributed by atoms with Crippen LogP contribution in [-0.2, 0) is 11.8 Å². The van der Waals surface area contributed by atoms with E-state index in [1.165, 1.54) is 0 Å². The molecule has 1 atom stereocenters. The normalized spacial score (nSPS) is 19.5. The van der Waals surface area contributed by atoms with Crippen molar-refractivity contribution in [2.75, 3.05) is 18.4 Å². The number of anilines is 1. The molecule has 1 saturated heterocycles. The molecular formula is C14H18N4O. The summed E-state index contributed by atoms with van der Waals surface area (Å²) < 4.78 is 1.96. The van der Waals surface area contributed by atoms with Gasteiger partial charge in [0, 0.05) is 19.3 Å². The van der Waals surface area contributed by atoms with E-state index in [1.807, 2.05) is 29.8 Å². The van der Waals surface area contributed by atoms with E-state index in [0.29, 0.717) is 0 Å². The molecule has 2 heterocycles. The number of rotatable bonds is 2. The van der Waals surface area contributed by atoms with Crippen LogP contribution in [0.15, 0.2) is 24.5 Å². The first kappa shape index (κ1) is 12.2. The predicted molar refractivity (Wildman–Crippen MR) is 74.9 cm³/mol. The predicted octanol–water partition coefficient (Wildman–Crippen LogP) is 1.51. The fourth-order valence-electron chi connectivity index (χ4n) is 2.53. The maximum Gasteiger partial charge on any atom is 0.228 e. The quantitative estimate of drug-likeness (QED) is 0.858. The number of piperidine rings is 1. The van der Waals surface area contributed by atoms with Gasteiger partial charge in [-0.15, -0.1) is 0 Å². The summed E-state index contributed by atoms with van der Waals surface area (Å²) in [6.45, 7) is 1.79. The molecule has 0 saturated carbocycles. The fourth-order valence-corrected chi connectivity index (χ4v) is 2.53. The highest BCUT2D eigenvalue weighted by molar-refractivity contribution is 5.94. The summed E-state index contributed by atoms with van der Waals surface area (Å²) in [5, 5.41) is 6.24. The summed E-state index contributed by atoms with van der Waals surface area (Å²) in [6.07, 6.45) is 3.81. The molecule has 0 aliphatic carbocycles. The molecular weight excluding hydrogens is 240 g/mol. The lowest BCUT2D eigenvalue weighted by molar-refractivity contribution is -0.120. The van der Waals surface area contributed by atoms with Gasteiger partial charge in [-0.1, -0.05) is 0 Å². The Hall–Kier alpha value is -1.88. The Balaban J connectivity index is 1.75. The zero-order chi connectivity index (χ0) is 13.2. The van der Waals surface area contributed by atoms with Gasteiger partial charge in [0.2, 0.25) is 5.91 Å². The molecule has 5 nitrogen and oxygen atoms in total. The number of aryl methyl sites for hydroxylation is 1. The Labute approximate surface area is 112 Å². The molecule has 5 heteroatoms. The SMILES string of the molecule is Cn1cnc2cc(NC(=O)C3CCCNC3)ccc21. The lowest BCUT2D eigenvalue weighted by Gasteiger charge is -2.21. The van der Waals surface area contributed by atoms with Crippen LogP contribution in [0.3, 0.4) is 0 Å². The third-order valence-corrected chi connectivity index (χ3v) is 3.66. The van der Waals surface area contributed by atoms with Crippen LogP contribution >= 0.6 is 0 Å². The number of carbonyl (C=O) groups is 1. The maximum atomic E-state index is 12.1. The number of nitrogens with one attached hydrogen (secondary N) is 2. The highest BCUT2D eigenvalue weighted by Gasteiger charge is 2.20. The second kappa shape index (κ2) is 5.01. The van der Waals surface area contributed by atoms with E-state index in [1.54, 1.807) is 6.33 Å². The Morgan fingerprint density at radius 1 is 1.53 bits per heavy atom. The second-order valence-corrected chi connectivity index (χ2v) is 5.09. The number of aromatic nitrogens is 2. The van der Waals surface area contributed by atoms with Crippen molar-refractivity contribution in [1.29, 1.82) is 0 Å². The maximum absolute atomic E-state index is 12.1. The molecule has 1 unspecified atom stereocenters. The average molecular weight is 258 g/mol. The number of benzene rings is 1. The number of hydrogen-bond donors (Lipinski definition) is 2. The zero-order valence-corrected chi connectivity index (χ0v) is 11.0. The minimum Gasteiger partial charge on any atom is -0.334 e. The fraction of sp³-hybridized carbons (Fsp3) is 0.429. The number of hydrogen-bond acceptors (Lipinski definition) is 3. The molecule has 0 radical (unpaired) electrons. The van der Waals surface area contributed by atoms with Crippen LogP contribution in [0.5, 0.6) is 0 Å². The van der Waals surface area contributed by atoms with Crippen molar-refractivity contribution in [3.63, 3.8) is 0 Å². The van der Waals surface area contributed by atoms with E-state index in [-0.39, 0.29) is 11.8 Å². The molecule has 1 fully saturated rings. The molecule has 3 rings (SSSR count).